The van der Waals surface area contributed by atoms with Crippen molar-refractivity contribution in [1.29, 1.82) is 0 Å². The number of hydrogen-bond donors (Lipinski definition) is 1. The van der Waals surface area contributed by atoms with Crippen LogP contribution in [0, 0.1) is 5.92 Å². The second-order valence-electron chi connectivity index (χ2n) is 7.24. The van der Waals surface area contributed by atoms with E-state index in [9.17, 15) is 18.0 Å². The number of sulfonamides is 1. The predicted molar refractivity (Wildman–Crippen MR) is 115 cm³/mol. The second kappa shape index (κ2) is 9.06. The van der Waals surface area contributed by atoms with E-state index in [1.807, 2.05) is 11.4 Å². The fourth-order valence-electron chi connectivity index (χ4n) is 3.48. The van der Waals surface area contributed by atoms with E-state index in [2.05, 4.69) is 4.72 Å². The SMILES string of the molecule is CN(C(=O)c1cccs1)c1ccccc1C(=O)N1CCC[C@H](CNS(C)(=O)=O)C1. The van der Waals surface area contributed by atoms with Crippen molar-refractivity contribution in [3.8, 4) is 0 Å². The Balaban J connectivity index is 1.76. The Morgan fingerprint density at radius 3 is 2.69 bits per heavy atom. The van der Waals surface area contributed by atoms with Gasteiger partial charge in [-0.25, -0.2) is 13.1 Å². The van der Waals surface area contributed by atoms with Gasteiger partial charge >= 0.3 is 0 Å². The molecule has 1 aliphatic rings. The molecule has 2 amide bonds. The molecule has 156 valence electrons. The number of rotatable bonds is 6. The van der Waals surface area contributed by atoms with Gasteiger partial charge in [0, 0.05) is 26.7 Å². The molecule has 3 rings (SSSR count). The summed E-state index contributed by atoms with van der Waals surface area (Å²) >= 11 is 1.36. The third-order valence-corrected chi connectivity index (χ3v) is 6.52. The molecular weight excluding hydrogens is 410 g/mol. The molecule has 1 fully saturated rings. The molecule has 0 saturated carbocycles. The van der Waals surface area contributed by atoms with Gasteiger partial charge in [-0.2, -0.15) is 0 Å². The van der Waals surface area contributed by atoms with Gasteiger partial charge in [0.2, 0.25) is 10.0 Å². The summed E-state index contributed by atoms with van der Waals surface area (Å²) in [5, 5.41) is 1.84. The summed E-state index contributed by atoms with van der Waals surface area (Å²) in [6.07, 6.45) is 2.81. The summed E-state index contributed by atoms with van der Waals surface area (Å²) in [5.74, 6) is -0.232. The third kappa shape index (κ3) is 5.43. The van der Waals surface area contributed by atoms with E-state index in [1.165, 1.54) is 16.2 Å². The first-order chi connectivity index (χ1) is 13.8. The summed E-state index contributed by atoms with van der Waals surface area (Å²) in [5.41, 5.74) is 1.03. The summed E-state index contributed by atoms with van der Waals surface area (Å²) in [6, 6.07) is 10.7. The molecule has 0 bridgehead atoms. The van der Waals surface area contributed by atoms with Crippen molar-refractivity contribution in [1.82, 2.24) is 9.62 Å². The van der Waals surface area contributed by atoms with Crippen LogP contribution in [0.5, 0.6) is 0 Å². The Morgan fingerprint density at radius 1 is 1.24 bits per heavy atom. The van der Waals surface area contributed by atoms with Crippen LogP contribution in [0.4, 0.5) is 5.69 Å². The van der Waals surface area contributed by atoms with Gasteiger partial charge in [-0.15, -0.1) is 11.3 Å². The quantitative estimate of drug-likeness (QED) is 0.755. The Morgan fingerprint density at radius 2 is 2.00 bits per heavy atom. The van der Waals surface area contributed by atoms with Gasteiger partial charge in [0.05, 0.1) is 22.4 Å². The average Bonchev–Trinajstić information content (AvgIpc) is 3.25. The molecule has 1 aromatic heterocycles. The Labute approximate surface area is 175 Å². The van der Waals surface area contributed by atoms with E-state index in [-0.39, 0.29) is 17.7 Å². The fourth-order valence-corrected chi connectivity index (χ4v) is 4.71. The minimum absolute atomic E-state index is 0.0695. The normalized spacial score (nSPS) is 17.2. The van der Waals surface area contributed by atoms with Gasteiger partial charge in [-0.1, -0.05) is 18.2 Å². The lowest BCUT2D eigenvalue weighted by atomic mass is 9.97. The molecule has 0 unspecified atom stereocenters. The van der Waals surface area contributed by atoms with Crippen molar-refractivity contribution >= 4 is 38.9 Å². The fraction of sp³-hybridized carbons (Fsp3) is 0.400. The zero-order chi connectivity index (χ0) is 21.0. The maximum Gasteiger partial charge on any atom is 0.268 e. The van der Waals surface area contributed by atoms with Gasteiger partial charge in [0.1, 0.15) is 0 Å². The van der Waals surface area contributed by atoms with Crippen LogP contribution in [-0.4, -0.2) is 58.1 Å². The van der Waals surface area contributed by atoms with Gasteiger partial charge < -0.3 is 9.80 Å². The number of carbonyl (C=O) groups excluding carboxylic acids is 2. The third-order valence-electron chi connectivity index (χ3n) is 4.97. The second-order valence-corrected chi connectivity index (χ2v) is 10.0. The van der Waals surface area contributed by atoms with Crippen LogP contribution in [0.3, 0.4) is 0 Å². The molecule has 2 aromatic rings. The summed E-state index contributed by atoms with van der Waals surface area (Å²) < 4.78 is 25.3. The molecule has 1 N–H and O–H groups in total. The zero-order valence-electron chi connectivity index (χ0n) is 16.5. The van der Waals surface area contributed by atoms with Crippen LogP contribution in [0.2, 0.25) is 0 Å². The minimum atomic E-state index is -3.26. The van der Waals surface area contributed by atoms with E-state index in [4.69, 9.17) is 0 Å². The monoisotopic (exact) mass is 435 g/mol. The molecule has 2 heterocycles. The van der Waals surface area contributed by atoms with Crippen LogP contribution in [0.25, 0.3) is 0 Å². The van der Waals surface area contributed by atoms with Crippen LogP contribution >= 0.6 is 11.3 Å². The van der Waals surface area contributed by atoms with Crippen molar-refractivity contribution < 1.29 is 18.0 Å². The Kier molecular flexibility index (Phi) is 6.71. The lowest BCUT2D eigenvalue weighted by Gasteiger charge is -2.33. The molecule has 9 heteroatoms. The summed E-state index contributed by atoms with van der Waals surface area (Å²) in [7, 11) is -1.59. The number of likely N-dealkylation sites (tertiary alicyclic amines) is 1. The number of hydrogen-bond acceptors (Lipinski definition) is 5. The number of thiophene rings is 1. The van der Waals surface area contributed by atoms with E-state index in [1.54, 1.807) is 42.3 Å². The van der Waals surface area contributed by atoms with Crippen molar-refractivity contribution in [3.05, 3.63) is 52.2 Å². The number of anilines is 1. The molecular formula is C20H25N3O4S2. The van der Waals surface area contributed by atoms with Crippen molar-refractivity contribution in [2.45, 2.75) is 12.8 Å². The standard InChI is InChI=1S/C20H25N3O4S2/c1-22(20(25)18-10-6-12-28-18)17-9-4-3-8-16(17)19(24)23-11-5-7-15(14-23)13-21-29(2,26)27/h3-4,6,8-10,12,15,21H,5,7,11,13-14H2,1-2H3/t15-/m1/s1. The lowest BCUT2D eigenvalue weighted by molar-refractivity contribution is 0.0677. The molecule has 1 atom stereocenters. The number of para-hydroxylation sites is 1. The van der Waals surface area contributed by atoms with Gasteiger partial charge in [0.25, 0.3) is 11.8 Å². The van der Waals surface area contributed by atoms with Gasteiger partial charge in [-0.05, 0) is 42.3 Å². The first kappa shape index (κ1) is 21.5. The number of nitrogens with one attached hydrogen (secondary N) is 1. The van der Waals surface area contributed by atoms with E-state index < -0.39 is 10.0 Å². The topological polar surface area (TPSA) is 86.8 Å². The van der Waals surface area contributed by atoms with Gasteiger partial charge in [0.15, 0.2) is 0 Å². The lowest BCUT2D eigenvalue weighted by Crippen LogP contribution is -2.44. The number of nitrogens with zero attached hydrogens (tertiary/aromatic N) is 2. The number of piperidine rings is 1. The predicted octanol–water partition coefficient (Wildman–Crippen LogP) is 2.43. The average molecular weight is 436 g/mol. The Bertz CT molecular complexity index is 973. The molecule has 0 radical (unpaired) electrons. The largest absolute Gasteiger partial charge is 0.338 e. The molecule has 7 nitrogen and oxygen atoms in total. The van der Waals surface area contributed by atoms with Crippen molar-refractivity contribution in [3.63, 3.8) is 0 Å². The highest BCUT2D eigenvalue weighted by molar-refractivity contribution is 7.88. The zero-order valence-corrected chi connectivity index (χ0v) is 18.1. The summed E-state index contributed by atoms with van der Waals surface area (Å²) in [4.78, 5) is 29.8. The van der Waals surface area contributed by atoms with Gasteiger partial charge in [-0.3, -0.25) is 9.59 Å². The molecule has 0 aliphatic carbocycles. The Hall–Kier alpha value is -2.23. The number of benzene rings is 1. The molecule has 1 aromatic carbocycles. The van der Waals surface area contributed by atoms with Crippen LogP contribution < -0.4 is 9.62 Å². The maximum atomic E-state index is 13.2. The highest BCUT2D eigenvalue weighted by atomic mass is 32.2. The summed E-state index contributed by atoms with van der Waals surface area (Å²) in [6.45, 7) is 1.42. The van der Waals surface area contributed by atoms with Crippen molar-refractivity contribution in [2.75, 3.05) is 37.8 Å². The minimum Gasteiger partial charge on any atom is -0.338 e. The van der Waals surface area contributed by atoms with Crippen LogP contribution in [0.1, 0.15) is 32.9 Å². The first-order valence-electron chi connectivity index (χ1n) is 9.41. The van der Waals surface area contributed by atoms with E-state index in [0.717, 1.165) is 19.1 Å². The number of carbonyl (C=O) groups is 2. The number of amides is 2. The maximum absolute atomic E-state index is 13.2. The molecule has 0 spiro atoms. The molecule has 1 aliphatic heterocycles. The molecule has 29 heavy (non-hydrogen) atoms. The highest BCUT2D eigenvalue weighted by Gasteiger charge is 2.28. The smallest absolute Gasteiger partial charge is 0.268 e. The van der Waals surface area contributed by atoms with Crippen molar-refractivity contribution in [2.24, 2.45) is 5.92 Å². The van der Waals surface area contributed by atoms with E-state index in [0.29, 0.717) is 35.8 Å². The van der Waals surface area contributed by atoms with Crippen LogP contribution in [0.15, 0.2) is 41.8 Å². The highest BCUT2D eigenvalue weighted by Crippen LogP contribution is 2.26. The first-order valence-corrected chi connectivity index (χ1v) is 12.2. The molecule has 1 saturated heterocycles. The van der Waals surface area contributed by atoms with Crippen LogP contribution in [-0.2, 0) is 10.0 Å². The van der Waals surface area contributed by atoms with E-state index >= 15 is 0 Å².